The van der Waals surface area contributed by atoms with Crippen molar-refractivity contribution in [2.24, 2.45) is 5.73 Å². The lowest BCUT2D eigenvalue weighted by Crippen LogP contribution is -2.58. The lowest BCUT2D eigenvalue weighted by atomic mass is 10.1. The molecule has 1 atom stereocenters. The lowest BCUT2D eigenvalue weighted by molar-refractivity contribution is -0.136. The van der Waals surface area contributed by atoms with E-state index in [-0.39, 0.29) is 5.91 Å². The molecule has 1 saturated heterocycles. The number of primary amides is 1. The van der Waals surface area contributed by atoms with Gasteiger partial charge in [0.25, 0.3) is 0 Å². The maximum Gasteiger partial charge on any atom is 0.247 e. The predicted octanol–water partition coefficient (Wildman–Crippen LogP) is -0.00590. The SMILES string of the molecule is COc1ccc(C=CC(=O)N2CCNCC2C(N)=O)cc1. The minimum absolute atomic E-state index is 0.212. The molecule has 0 bridgehead atoms. The third-order valence-electron chi connectivity index (χ3n) is 3.39. The molecule has 1 aliphatic heterocycles. The molecule has 0 aromatic heterocycles. The molecular formula is C15H19N3O3. The van der Waals surface area contributed by atoms with Crippen molar-refractivity contribution in [3.8, 4) is 5.75 Å². The van der Waals surface area contributed by atoms with Crippen LogP contribution in [0, 0.1) is 0 Å². The van der Waals surface area contributed by atoms with Gasteiger partial charge in [0.05, 0.1) is 7.11 Å². The Kier molecular flexibility index (Phi) is 4.94. The molecule has 2 amide bonds. The van der Waals surface area contributed by atoms with Crippen LogP contribution in [0.1, 0.15) is 5.56 Å². The van der Waals surface area contributed by atoms with Gasteiger partial charge >= 0.3 is 0 Å². The van der Waals surface area contributed by atoms with Gasteiger partial charge < -0.3 is 20.7 Å². The second-order valence-electron chi connectivity index (χ2n) is 4.76. The van der Waals surface area contributed by atoms with Crippen molar-refractivity contribution >= 4 is 17.9 Å². The molecule has 1 heterocycles. The predicted molar refractivity (Wildman–Crippen MR) is 79.6 cm³/mol. The first-order valence-electron chi connectivity index (χ1n) is 6.74. The summed E-state index contributed by atoms with van der Waals surface area (Å²) in [4.78, 5) is 25.1. The number of ether oxygens (including phenoxy) is 1. The van der Waals surface area contributed by atoms with E-state index in [2.05, 4.69) is 5.32 Å². The zero-order valence-electron chi connectivity index (χ0n) is 11.9. The van der Waals surface area contributed by atoms with Gasteiger partial charge in [0.15, 0.2) is 0 Å². The van der Waals surface area contributed by atoms with Gasteiger partial charge in [0.2, 0.25) is 11.8 Å². The van der Waals surface area contributed by atoms with E-state index in [1.54, 1.807) is 13.2 Å². The molecule has 6 heteroatoms. The molecule has 112 valence electrons. The fourth-order valence-corrected chi connectivity index (χ4v) is 2.20. The molecule has 2 rings (SSSR count). The van der Waals surface area contributed by atoms with Crippen LogP contribution in [0.4, 0.5) is 0 Å². The van der Waals surface area contributed by atoms with Crippen molar-refractivity contribution in [3.63, 3.8) is 0 Å². The Morgan fingerprint density at radius 3 is 2.71 bits per heavy atom. The van der Waals surface area contributed by atoms with Crippen molar-refractivity contribution in [2.75, 3.05) is 26.7 Å². The summed E-state index contributed by atoms with van der Waals surface area (Å²) in [5.41, 5.74) is 6.21. The summed E-state index contributed by atoms with van der Waals surface area (Å²) in [5, 5.41) is 3.05. The summed E-state index contributed by atoms with van der Waals surface area (Å²) in [6, 6.07) is 6.76. The van der Waals surface area contributed by atoms with E-state index in [9.17, 15) is 9.59 Å². The molecule has 0 saturated carbocycles. The number of carbonyl (C=O) groups excluding carboxylic acids is 2. The van der Waals surface area contributed by atoms with Crippen molar-refractivity contribution in [1.82, 2.24) is 10.2 Å². The third kappa shape index (κ3) is 3.82. The first kappa shape index (κ1) is 15.1. The molecule has 21 heavy (non-hydrogen) atoms. The first-order valence-corrected chi connectivity index (χ1v) is 6.74. The maximum absolute atomic E-state index is 12.2. The van der Waals surface area contributed by atoms with Gasteiger partial charge in [0.1, 0.15) is 11.8 Å². The van der Waals surface area contributed by atoms with Crippen LogP contribution >= 0.6 is 0 Å². The van der Waals surface area contributed by atoms with Gasteiger partial charge in [0, 0.05) is 25.7 Å². The summed E-state index contributed by atoms with van der Waals surface area (Å²) in [5.74, 6) is 0.0545. The number of carbonyl (C=O) groups is 2. The van der Waals surface area contributed by atoms with Crippen LogP contribution in [0.15, 0.2) is 30.3 Å². The quantitative estimate of drug-likeness (QED) is 0.764. The van der Waals surface area contributed by atoms with Crippen LogP contribution in [0.25, 0.3) is 6.08 Å². The maximum atomic E-state index is 12.2. The standard InChI is InChI=1S/C15H19N3O3/c1-21-12-5-2-11(3-6-12)4-7-14(19)18-9-8-17-10-13(18)15(16)20/h2-7,13,17H,8-10H2,1H3,(H2,16,20). The summed E-state index contributed by atoms with van der Waals surface area (Å²) >= 11 is 0. The number of nitrogens with one attached hydrogen (secondary N) is 1. The normalized spacial score (nSPS) is 18.7. The molecule has 1 aliphatic rings. The number of piperazine rings is 1. The Labute approximate surface area is 123 Å². The highest BCUT2D eigenvalue weighted by atomic mass is 16.5. The molecule has 1 unspecified atom stereocenters. The minimum Gasteiger partial charge on any atom is -0.497 e. The molecule has 6 nitrogen and oxygen atoms in total. The van der Waals surface area contributed by atoms with E-state index in [1.165, 1.54) is 11.0 Å². The van der Waals surface area contributed by atoms with Crippen LogP contribution in [0.3, 0.4) is 0 Å². The zero-order chi connectivity index (χ0) is 15.2. The number of nitrogens with zero attached hydrogens (tertiary/aromatic N) is 1. The van der Waals surface area contributed by atoms with Gasteiger partial charge in [-0.1, -0.05) is 12.1 Å². The van der Waals surface area contributed by atoms with Crippen molar-refractivity contribution in [3.05, 3.63) is 35.9 Å². The lowest BCUT2D eigenvalue weighted by Gasteiger charge is -2.33. The largest absolute Gasteiger partial charge is 0.497 e. The van der Waals surface area contributed by atoms with Crippen LogP contribution < -0.4 is 15.8 Å². The van der Waals surface area contributed by atoms with Crippen molar-refractivity contribution in [2.45, 2.75) is 6.04 Å². The van der Waals surface area contributed by atoms with E-state index < -0.39 is 11.9 Å². The Balaban J connectivity index is 2.04. The van der Waals surface area contributed by atoms with Crippen LogP contribution in [0.2, 0.25) is 0 Å². The second kappa shape index (κ2) is 6.90. The van der Waals surface area contributed by atoms with Crippen LogP contribution in [-0.2, 0) is 9.59 Å². The summed E-state index contributed by atoms with van der Waals surface area (Å²) < 4.78 is 5.07. The number of hydrogen-bond acceptors (Lipinski definition) is 4. The third-order valence-corrected chi connectivity index (χ3v) is 3.39. The Morgan fingerprint density at radius 1 is 1.38 bits per heavy atom. The van der Waals surface area contributed by atoms with Crippen LogP contribution in [-0.4, -0.2) is 49.5 Å². The average molecular weight is 289 g/mol. The van der Waals surface area contributed by atoms with E-state index in [4.69, 9.17) is 10.5 Å². The molecule has 0 aliphatic carbocycles. The molecule has 0 spiro atoms. The Hall–Kier alpha value is -2.34. The molecular weight excluding hydrogens is 270 g/mol. The Bertz CT molecular complexity index is 540. The fraction of sp³-hybridized carbons (Fsp3) is 0.333. The average Bonchev–Trinajstić information content (AvgIpc) is 2.53. The van der Waals surface area contributed by atoms with Crippen molar-refractivity contribution < 1.29 is 14.3 Å². The monoisotopic (exact) mass is 289 g/mol. The van der Waals surface area contributed by atoms with Gasteiger partial charge in [-0.2, -0.15) is 0 Å². The molecule has 0 radical (unpaired) electrons. The molecule has 1 fully saturated rings. The minimum atomic E-state index is -0.591. The summed E-state index contributed by atoms with van der Waals surface area (Å²) in [6.07, 6.45) is 3.17. The fourth-order valence-electron chi connectivity index (χ4n) is 2.20. The smallest absolute Gasteiger partial charge is 0.247 e. The zero-order valence-corrected chi connectivity index (χ0v) is 11.9. The van der Waals surface area contributed by atoms with E-state index in [0.29, 0.717) is 19.6 Å². The van der Waals surface area contributed by atoms with E-state index >= 15 is 0 Å². The Morgan fingerprint density at radius 2 is 2.10 bits per heavy atom. The topological polar surface area (TPSA) is 84.7 Å². The van der Waals surface area contributed by atoms with Gasteiger partial charge in [-0.15, -0.1) is 0 Å². The van der Waals surface area contributed by atoms with Crippen LogP contribution in [0.5, 0.6) is 5.75 Å². The number of amides is 2. The first-order chi connectivity index (χ1) is 10.1. The van der Waals surface area contributed by atoms with E-state index in [0.717, 1.165) is 11.3 Å². The second-order valence-corrected chi connectivity index (χ2v) is 4.76. The summed E-state index contributed by atoms with van der Waals surface area (Å²) in [6.45, 7) is 1.53. The van der Waals surface area contributed by atoms with Gasteiger partial charge in [-0.25, -0.2) is 0 Å². The number of benzene rings is 1. The molecule has 1 aromatic carbocycles. The van der Waals surface area contributed by atoms with Gasteiger partial charge in [-0.05, 0) is 23.8 Å². The van der Waals surface area contributed by atoms with E-state index in [1.807, 2.05) is 24.3 Å². The molecule has 3 N–H and O–H groups in total. The number of methoxy groups -OCH3 is 1. The number of nitrogens with two attached hydrogens (primary N) is 1. The number of hydrogen-bond donors (Lipinski definition) is 2. The van der Waals surface area contributed by atoms with Crippen molar-refractivity contribution in [1.29, 1.82) is 0 Å². The summed E-state index contributed by atoms with van der Waals surface area (Å²) in [7, 11) is 1.60. The highest BCUT2D eigenvalue weighted by Crippen LogP contribution is 2.13. The number of rotatable bonds is 4. The highest BCUT2D eigenvalue weighted by molar-refractivity contribution is 5.95. The molecule has 1 aromatic rings. The highest BCUT2D eigenvalue weighted by Gasteiger charge is 2.29. The van der Waals surface area contributed by atoms with Gasteiger partial charge in [-0.3, -0.25) is 9.59 Å².